The van der Waals surface area contributed by atoms with Crippen LogP contribution in [-0.4, -0.2) is 42.0 Å². The first-order valence-corrected chi connectivity index (χ1v) is 6.24. The molecule has 0 amide bonds. The molecule has 0 radical (unpaired) electrons. The molecule has 0 N–H and O–H groups in total. The SMILES string of the molecule is Clc1cnccc1CN1CCC2(C1)OCCO2. The molecule has 0 aromatic carbocycles. The van der Waals surface area contributed by atoms with Crippen molar-refractivity contribution in [1.82, 2.24) is 9.88 Å². The van der Waals surface area contributed by atoms with Crippen LogP contribution in [0.4, 0.5) is 0 Å². The van der Waals surface area contributed by atoms with Crippen LogP contribution < -0.4 is 0 Å². The second-order valence-corrected chi connectivity index (χ2v) is 4.94. The molecular weight excluding hydrogens is 240 g/mol. The maximum absolute atomic E-state index is 6.10. The number of rotatable bonds is 2. The van der Waals surface area contributed by atoms with E-state index < -0.39 is 0 Å². The largest absolute Gasteiger partial charge is 0.346 e. The number of likely N-dealkylation sites (tertiary alicyclic amines) is 1. The number of ether oxygens (including phenoxy) is 2. The first-order chi connectivity index (χ1) is 8.27. The summed E-state index contributed by atoms with van der Waals surface area (Å²) in [5.41, 5.74) is 1.11. The topological polar surface area (TPSA) is 34.6 Å². The van der Waals surface area contributed by atoms with E-state index in [2.05, 4.69) is 9.88 Å². The summed E-state index contributed by atoms with van der Waals surface area (Å²) in [5, 5.41) is 0.724. The summed E-state index contributed by atoms with van der Waals surface area (Å²) >= 11 is 6.10. The predicted octanol–water partition coefficient (Wildman–Crippen LogP) is 1.68. The Morgan fingerprint density at radius 1 is 1.41 bits per heavy atom. The van der Waals surface area contributed by atoms with E-state index in [1.807, 2.05) is 6.07 Å². The van der Waals surface area contributed by atoms with Crippen molar-refractivity contribution in [3.63, 3.8) is 0 Å². The van der Waals surface area contributed by atoms with Crippen LogP contribution in [0.2, 0.25) is 5.02 Å². The van der Waals surface area contributed by atoms with E-state index in [0.29, 0.717) is 13.2 Å². The molecule has 4 nitrogen and oxygen atoms in total. The van der Waals surface area contributed by atoms with Gasteiger partial charge in [-0.2, -0.15) is 0 Å². The van der Waals surface area contributed by atoms with E-state index in [1.165, 1.54) is 0 Å². The number of hydrogen-bond donors (Lipinski definition) is 0. The fourth-order valence-corrected chi connectivity index (χ4v) is 2.65. The van der Waals surface area contributed by atoms with Gasteiger partial charge in [-0.15, -0.1) is 0 Å². The highest BCUT2D eigenvalue weighted by Crippen LogP contribution is 2.31. The highest BCUT2D eigenvalue weighted by molar-refractivity contribution is 6.31. The average Bonchev–Trinajstić information content (AvgIpc) is 2.94. The van der Waals surface area contributed by atoms with Crippen LogP contribution in [0.15, 0.2) is 18.5 Å². The fraction of sp³-hybridized carbons (Fsp3) is 0.583. The van der Waals surface area contributed by atoms with E-state index in [0.717, 1.165) is 36.6 Å². The lowest BCUT2D eigenvalue weighted by Gasteiger charge is -2.22. The van der Waals surface area contributed by atoms with Gasteiger partial charge < -0.3 is 9.47 Å². The molecule has 2 aliphatic heterocycles. The third-order valence-electron chi connectivity index (χ3n) is 3.34. The van der Waals surface area contributed by atoms with Gasteiger partial charge in [0.1, 0.15) is 0 Å². The third kappa shape index (κ3) is 2.31. The van der Waals surface area contributed by atoms with E-state index >= 15 is 0 Å². The molecule has 0 aliphatic carbocycles. The third-order valence-corrected chi connectivity index (χ3v) is 3.68. The van der Waals surface area contributed by atoms with Gasteiger partial charge in [0, 0.05) is 31.9 Å². The minimum absolute atomic E-state index is 0.348. The van der Waals surface area contributed by atoms with Crippen molar-refractivity contribution in [2.45, 2.75) is 18.8 Å². The molecule has 3 rings (SSSR count). The average molecular weight is 255 g/mol. The standard InChI is InChI=1S/C12H15ClN2O2/c13-11-7-14-3-1-10(11)8-15-4-2-12(9-15)16-5-6-17-12/h1,3,7H,2,4-6,8-9H2. The Balaban J connectivity index is 1.66. The summed E-state index contributed by atoms with van der Waals surface area (Å²) in [6, 6.07) is 1.96. The highest BCUT2D eigenvalue weighted by Gasteiger charge is 2.43. The summed E-state index contributed by atoms with van der Waals surface area (Å²) in [6.45, 7) is 4.06. The molecule has 0 saturated carbocycles. The van der Waals surface area contributed by atoms with Crippen molar-refractivity contribution in [3.8, 4) is 0 Å². The van der Waals surface area contributed by atoms with Crippen molar-refractivity contribution >= 4 is 11.6 Å². The van der Waals surface area contributed by atoms with Crippen LogP contribution in [0.5, 0.6) is 0 Å². The van der Waals surface area contributed by atoms with Crippen molar-refractivity contribution in [1.29, 1.82) is 0 Å². The van der Waals surface area contributed by atoms with Crippen LogP contribution in [-0.2, 0) is 16.0 Å². The Morgan fingerprint density at radius 2 is 2.24 bits per heavy atom. The van der Waals surface area contributed by atoms with Crippen molar-refractivity contribution in [2.75, 3.05) is 26.3 Å². The molecule has 2 saturated heterocycles. The van der Waals surface area contributed by atoms with Crippen molar-refractivity contribution < 1.29 is 9.47 Å². The highest BCUT2D eigenvalue weighted by atomic mass is 35.5. The van der Waals surface area contributed by atoms with Crippen LogP contribution in [0.1, 0.15) is 12.0 Å². The Bertz CT molecular complexity index is 407. The van der Waals surface area contributed by atoms with E-state index in [9.17, 15) is 0 Å². The van der Waals surface area contributed by atoms with Gasteiger partial charge >= 0.3 is 0 Å². The van der Waals surface area contributed by atoms with Gasteiger partial charge in [0.25, 0.3) is 0 Å². The molecule has 92 valence electrons. The van der Waals surface area contributed by atoms with Crippen LogP contribution in [0, 0.1) is 0 Å². The molecule has 1 aromatic rings. The second kappa shape index (κ2) is 4.53. The monoisotopic (exact) mass is 254 g/mol. The van der Waals surface area contributed by atoms with E-state index in [-0.39, 0.29) is 5.79 Å². The lowest BCUT2D eigenvalue weighted by Crippen LogP contribution is -2.34. The number of pyridine rings is 1. The van der Waals surface area contributed by atoms with Crippen molar-refractivity contribution in [3.05, 3.63) is 29.0 Å². The van der Waals surface area contributed by atoms with Crippen LogP contribution in [0.25, 0.3) is 0 Å². The predicted molar refractivity (Wildman–Crippen MR) is 63.8 cm³/mol. The first kappa shape index (κ1) is 11.4. The zero-order valence-corrected chi connectivity index (χ0v) is 10.3. The molecule has 2 aliphatic rings. The Labute approximate surface area is 105 Å². The lowest BCUT2D eigenvalue weighted by atomic mass is 10.2. The van der Waals surface area contributed by atoms with Gasteiger partial charge in [-0.1, -0.05) is 11.6 Å². The zero-order valence-electron chi connectivity index (χ0n) is 9.56. The van der Waals surface area contributed by atoms with Gasteiger partial charge in [-0.05, 0) is 11.6 Å². The maximum atomic E-state index is 6.10. The summed E-state index contributed by atoms with van der Waals surface area (Å²) in [7, 11) is 0. The molecule has 0 bridgehead atoms. The van der Waals surface area contributed by atoms with Gasteiger partial charge in [-0.3, -0.25) is 9.88 Å². The molecule has 0 unspecified atom stereocenters. The molecule has 3 heterocycles. The Kier molecular flexibility index (Phi) is 3.04. The van der Waals surface area contributed by atoms with Gasteiger partial charge in [-0.25, -0.2) is 0 Å². The number of hydrogen-bond acceptors (Lipinski definition) is 4. The summed E-state index contributed by atoms with van der Waals surface area (Å²) in [5.74, 6) is -0.348. The summed E-state index contributed by atoms with van der Waals surface area (Å²) < 4.78 is 11.4. The van der Waals surface area contributed by atoms with Crippen LogP contribution >= 0.6 is 11.6 Å². The number of halogens is 1. The lowest BCUT2D eigenvalue weighted by molar-refractivity contribution is -0.145. The molecule has 5 heteroatoms. The quantitative estimate of drug-likeness (QED) is 0.804. The zero-order chi connectivity index (χ0) is 11.7. The number of aromatic nitrogens is 1. The Hall–Kier alpha value is -0.680. The van der Waals surface area contributed by atoms with Crippen LogP contribution in [0.3, 0.4) is 0 Å². The first-order valence-electron chi connectivity index (χ1n) is 5.86. The van der Waals surface area contributed by atoms with E-state index in [1.54, 1.807) is 12.4 Å². The van der Waals surface area contributed by atoms with Crippen molar-refractivity contribution in [2.24, 2.45) is 0 Å². The minimum Gasteiger partial charge on any atom is -0.346 e. The van der Waals surface area contributed by atoms with E-state index in [4.69, 9.17) is 21.1 Å². The molecular formula is C12H15ClN2O2. The normalized spacial score (nSPS) is 23.6. The second-order valence-electron chi connectivity index (χ2n) is 4.54. The molecule has 17 heavy (non-hydrogen) atoms. The molecule has 1 aromatic heterocycles. The molecule has 2 fully saturated rings. The van der Waals surface area contributed by atoms with Gasteiger partial charge in [0.15, 0.2) is 5.79 Å². The molecule has 1 spiro atoms. The summed E-state index contributed by atoms with van der Waals surface area (Å²) in [6.07, 6.45) is 4.40. The molecule has 0 atom stereocenters. The minimum atomic E-state index is -0.348. The smallest absolute Gasteiger partial charge is 0.182 e. The Morgan fingerprint density at radius 3 is 3.00 bits per heavy atom. The number of nitrogens with zero attached hydrogens (tertiary/aromatic N) is 2. The maximum Gasteiger partial charge on any atom is 0.182 e. The summed E-state index contributed by atoms with van der Waals surface area (Å²) in [4.78, 5) is 6.30. The van der Waals surface area contributed by atoms with Gasteiger partial charge in [0.2, 0.25) is 0 Å². The van der Waals surface area contributed by atoms with Gasteiger partial charge in [0.05, 0.1) is 24.8 Å². The fourth-order valence-electron chi connectivity index (χ4n) is 2.47.